The van der Waals surface area contributed by atoms with Crippen molar-refractivity contribution in [2.24, 2.45) is 0 Å². The standard InChI is InChI=1S/C10H11ClN2O2/c1-15-9-3-2-6(11)4-7(9)8-5-12-10(14)13-8/h2-4,8H,5H2,1H3,(H2,12,13,14)/t8-/m1/s1. The van der Waals surface area contributed by atoms with Gasteiger partial charge in [0.25, 0.3) is 0 Å². The van der Waals surface area contributed by atoms with E-state index in [0.717, 1.165) is 11.3 Å². The Hall–Kier alpha value is -1.42. The molecule has 0 aromatic heterocycles. The molecule has 1 aromatic carbocycles. The van der Waals surface area contributed by atoms with E-state index in [1.807, 2.05) is 0 Å². The Balaban J connectivity index is 2.33. The highest BCUT2D eigenvalue weighted by atomic mass is 35.5. The number of hydrogen-bond donors (Lipinski definition) is 2. The molecule has 4 nitrogen and oxygen atoms in total. The van der Waals surface area contributed by atoms with Crippen LogP contribution >= 0.6 is 11.6 Å². The lowest BCUT2D eigenvalue weighted by Gasteiger charge is -2.13. The van der Waals surface area contributed by atoms with E-state index in [9.17, 15) is 4.79 Å². The van der Waals surface area contributed by atoms with Gasteiger partial charge in [0.05, 0.1) is 13.2 Å². The molecule has 2 amide bonds. The van der Waals surface area contributed by atoms with Gasteiger partial charge in [-0.1, -0.05) is 11.6 Å². The summed E-state index contributed by atoms with van der Waals surface area (Å²) in [6, 6.07) is 5.11. The van der Waals surface area contributed by atoms with Gasteiger partial charge in [0, 0.05) is 17.1 Å². The van der Waals surface area contributed by atoms with E-state index < -0.39 is 0 Å². The molecular formula is C10H11ClN2O2. The number of ether oxygens (including phenoxy) is 1. The van der Waals surface area contributed by atoms with Crippen LogP contribution in [0.25, 0.3) is 0 Å². The molecule has 80 valence electrons. The zero-order valence-electron chi connectivity index (χ0n) is 8.21. The van der Waals surface area contributed by atoms with Crippen LogP contribution in [-0.4, -0.2) is 19.7 Å². The third-order valence-corrected chi connectivity index (χ3v) is 2.57. The van der Waals surface area contributed by atoms with E-state index in [-0.39, 0.29) is 12.1 Å². The van der Waals surface area contributed by atoms with Crippen LogP contribution in [0.5, 0.6) is 5.75 Å². The number of benzene rings is 1. The predicted molar refractivity (Wildman–Crippen MR) is 57.3 cm³/mol. The van der Waals surface area contributed by atoms with Crippen molar-refractivity contribution in [3.63, 3.8) is 0 Å². The van der Waals surface area contributed by atoms with E-state index in [1.165, 1.54) is 0 Å². The third-order valence-electron chi connectivity index (χ3n) is 2.34. The van der Waals surface area contributed by atoms with Crippen LogP contribution in [0.2, 0.25) is 5.02 Å². The van der Waals surface area contributed by atoms with Crippen LogP contribution in [0.1, 0.15) is 11.6 Å². The molecule has 1 aromatic rings. The van der Waals surface area contributed by atoms with Gasteiger partial charge in [-0.05, 0) is 18.2 Å². The molecule has 2 N–H and O–H groups in total. The van der Waals surface area contributed by atoms with E-state index in [2.05, 4.69) is 10.6 Å². The van der Waals surface area contributed by atoms with E-state index in [4.69, 9.17) is 16.3 Å². The van der Waals surface area contributed by atoms with E-state index >= 15 is 0 Å². The minimum atomic E-state index is -0.165. The van der Waals surface area contributed by atoms with Gasteiger partial charge in [0.15, 0.2) is 0 Å². The van der Waals surface area contributed by atoms with Gasteiger partial charge in [-0.15, -0.1) is 0 Å². The fourth-order valence-electron chi connectivity index (χ4n) is 1.62. The third kappa shape index (κ3) is 1.99. The molecule has 0 spiro atoms. The van der Waals surface area contributed by atoms with Crippen LogP contribution in [0, 0.1) is 0 Å². The molecule has 0 saturated carbocycles. The summed E-state index contributed by atoms with van der Waals surface area (Å²) in [6.07, 6.45) is 0. The predicted octanol–water partition coefficient (Wildman–Crippen LogP) is 1.70. The number of nitrogens with one attached hydrogen (secondary N) is 2. The summed E-state index contributed by atoms with van der Waals surface area (Å²) < 4.78 is 5.21. The number of amides is 2. The van der Waals surface area contributed by atoms with Crippen LogP contribution < -0.4 is 15.4 Å². The normalized spacial score (nSPS) is 19.6. The molecule has 1 atom stereocenters. The molecule has 0 radical (unpaired) electrons. The summed E-state index contributed by atoms with van der Waals surface area (Å²) in [5.41, 5.74) is 0.892. The largest absolute Gasteiger partial charge is 0.496 e. The first-order chi connectivity index (χ1) is 7.20. The number of carbonyl (C=O) groups is 1. The molecule has 5 heteroatoms. The van der Waals surface area contributed by atoms with Gasteiger partial charge in [-0.2, -0.15) is 0 Å². The summed E-state index contributed by atoms with van der Waals surface area (Å²) in [6.45, 7) is 0.551. The quantitative estimate of drug-likeness (QED) is 0.807. The summed E-state index contributed by atoms with van der Waals surface area (Å²) >= 11 is 5.90. The zero-order valence-corrected chi connectivity index (χ0v) is 8.97. The SMILES string of the molecule is COc1ccc(Cl)cc1[C@H]1CNC(=O)N1. The molecule has 0 aliphatic carbocycles. The van der Waals surface area contributed by atoms with Gasteiger partial charge >= 0.3 is 6.03 Å². The Morgan fingerprint density at radius 2 is 2.33 bits per heavy atom. The Morgan fingerprint density at radius 3 is 2.93 bits per heavy atom. The molecule has 1 aliphatic heterocycles. The van der Waals surface area contributed by atoms with Gasteiger partial charge in [-0.25, -0.2) is 4.79 Å². The van der Waals surface area contributed by atoms with Gasteiger partial charge in [0.2, 0.25) is 0 Å². The fraction of sp³-hybridized carbons (Fsp3) is 0.300. The number of halogens is 1. The molecule has 1 fully saturated rings. The Labute approximate surface area is 92.6 Å². The topological polar surface area (TPSA) is 50.4 Å². The maximum absolute atomic E-state index is 11.0. The van der Waals surface area contributed by atoms with Crippen molar-refractivity contribution < 1.29 is 9.53 Å². The molecule has 0 unspecified atom stereocenters. The summed E-state index contributed by atoms with van der Waals surface area (Å²) in [7, 11) is 1.59. The first kappa shape index (κ1) is 10.1. The van der Waals surface area contributed by atoms with Crippen molar-refractivity contribution in [3.8, 4) is 5.75 Å². The maximum Gasteiger partial charge on any atom is 0.315 e. The first-order valence-corrected chi connectivity index (χ1v) is 4.96. The van der Waals surface area contributed by atoms with Crippen LogP contribution in [0.3, 0.4) is 0 Å². The zero-order chi connectivity index (χ0) is 10.8. The average molecular weight is 227 g/mol. The Bertz CT molecular complexity index is 395. The highest BCUT2D eigenvalue weighted by molar-refractivity contribution is 6.30. The highest BCUT2D eigenvalue weighted by Crippen LogP contribution is 2.29. The van der Waals surface area contributed by atoms with Crippen LogP contribution in [-0.2, 0) is 0 Å². The van der Waals surface area contributed by atoms with Crippen LogP contribution in [0.4, 0.5) is 4.79 Å². The Morgan fingerprint density at radius 1 is 1.53 bits per heavy atom. The summed E-state index contributed by atoms with van der Waals surface area (Å²) in [5.74, 6) is 0.730. The monoisotopic (exact) mass is 226 g/mol. The molecule has 1 saturated heterocycles. The van der Waals surface area contributed by atoms with Crippen molar-refractivity contribution in [2.75, 3.05) is 13.7 Å². The number of methoxy groups -OCH3 is 1. The van der Waals surface area contributed by atoms with Gasteiger partial charge in [0.1, 0.15) is 5.75 Å². The molecule has 1 aliphatic rings. The molecular weight excluding hydrogens is 216 g/mol. The average Bonchev–Trinajstić information content (AvgIpc) is 2.65. The van der Waals surface area contributed by atoms with E-state index in [1.54, 1.807) is 25.3 Å². The van der Waals surface area contributed by atoms with Crippen molar-refractivity contribution >= 4 is 17.6 Å². The highest BCUT2D eigenvalue weighted by Gasteiger charge is 2.24. The van der Waals surface area contributed by atoms with Gasteiger partial charge in [-0.3, -0.25) is 0 Å². The second-order valence-corrected chi connectivity index (χ2v) is 3.73. The number of rotatable bonds is 2. The number of urea groups is 1. The first-order valence-electron chi connectivity index (χ1n) is 4.58. The van der Waals surface area contributed by atoms with Crippen molar-refractivity contribution in [1.29, 1.82) is 0 Å². The molecule has 0 bridgehead atoms. The number of carbonyl (C=O) groups excluding carboxylic acids is 1. The lowest BCUT2D eigenvalue weighted by molar-refractivity contribution is 0.247. The van der Waals surface area contributed by atoms with Crippen molar-refractivity contribution in [1.82, 2.24) is 10.6 Å². The van der Waals surface area contributed by atoms with E-state index in [0.29, 0.717) is 11.6 Å². The summed E-state index contributed by atoms with van der Waals surface area (Å²) in [5, 5.41) is 6.10. The maximum atomic E-state index is 11.0. The lowest BCUT2D eigenvalue weighted by Crippen LogP contribution is -2.21. The summed E-state index contributed by atoms with van der Waals surface area (Å²) in [4.78, 5) is 11.0. The van der Waals surface area contributed by atoms with Crippen molar-refractivity contribution in [3.05, 3.63) is 28.8 Å². The van der Waals surface area contributed by atoms with Crippen molar-refractivity contribution in [2.45, 2.75) is 6.04 Å². The lowest BCUT2D eigenvalue weighted by atomic mass is 10.1. The van der Waals surface area contributed by atoms with Crippen LogP contribution in [0.15, 0.2) is 18.2 Å². The Kier molecular flexibility index (Phi) is 2.68. The molecule has 15 heavy (non-hydrogen) atoms. The molecule has 1 heterocycles. The smallest absolute Gasteiger partial charge is 0.315 e. The van der Waals surface area contributed by atoms with Gasteiger partial charge < -0.3 is 15.4 Å². The molecule has 2 rings (SSSR count). The minimum absolute atomic E-state index is 0.0776. The minimum Gasteiger partial charge on any atom is -0.496 e. The fourth-order valence-corrected chi connectivity index (χ4v) is 1.80. The second-order valence-electron chi connectivity index (χ2n) is 3.29. The second kappa shape index (κ2) is 3.98. The number of hydrogen-bond acceptors (Lipinski definition) is 2.